The van der Waals surface area contributed by atoms with Crippen LogP contribution in [0.5, 0.6) is 0 Å². The Balaban J connectivity index is 0.00000280. The van der Waals surface area contributed by atoms with Gasteiger partial charge in [0.25, 0.3) is 0 Å². The SMILES string of the molecule is CCNC(=NCc1cccnc1N(C)C)NC1CCN(c2ccccc2)C1.I. The summed E-state index contributed by atoms with van der Waals surface area (Å²) in [4.78, 5) is 13.7. The number of guanidine groups is 1. The maximum atomic E-state index is 4.80. The number of nitrogens with one attached hydrogen (secondary N) is 2. The molecule has 2 N–H and O–H groups in total. The van der Waals surface area contributed by atoms with E-state index in [-0.39, 0.29) is 24.0 Å². The van der Waals surface area contributed by atoms with Crippen LogP contribution in [0.1, 0.15) is 18.9 Å². The minimum Gasteiger partial charge on any atom is -0.369 e. The number of hydrogen-bond acceptors (Lipinski definition) is 4. The molecular weight excluding hydrogens is 463 g/mol. The Bertz CT molecular complexity index is 750. The molecule has 6 nitrogen and oxygen atoms in total. The van der Waals surface area contributed by atoms with Gasteiger partial charge < -0.3 is 20.4 Å². The molecule has 3 rings (SSSR count). The Kier molecular flexibility index (Phi) is 8.82. The molecule has 0 amide bonds. The Morgan fingerprint density at radius 2 is 2.00 bits per heavy atom. The van der Waals surface area contributed by atoms with Gasteiger partial charge in [0.1, 0.15) is 5.82 Å². The minimum atomic E-state index is 0. The van der Waals surface area contributed by atoms with Crippen molar-refractivity contribution in [1.29, 1.82) is 0 Å². The van der Waals surface area contributed by atoms with Crippen LogP contribution in [0.25, 0.3) is 0 Å². The van der Waals surface area contributed by atoms with Gasteiger partial charge >= 0.3 is 0 Å². The summed E-state index contributed by atoms with van der Waals surface area (Å²) >= 11 is 0. The van der Waals surface area contributed by atoms with E-state index in [2.05, 4.69) is 63.8 Å². The fourth-order valence-corrected chi connectivity index (χ4v) is 3.39. The zero-order valence-electron chi connectivity index (χ0n) is 16.9. The van der Waals surface area contributed by atoms with Gasteiger partial charge in [0, 0.05) is 57.2 Å². The Hall–Kier alpha value is -2.03. The summed E-state index contributed by atoms with van der Waals surface area (Å²) in [6.45, 7) is 5.59. The molecule has 1 atom stereocenters. The molecule has 0 saturated carbocycles. The second-order valence-electron chi connectivity index (χ2n) is 6.99. The summed E-state index contributed by atoms with van der Waals surface area (Å²) in [6, 6.07) is 15.0. The number of halogens is 1. The second-order valence-corrected chi connectivity index (χ2v) is 6.99. The largest absolute Gasteiger partial charge is 0.369 e. The maximum Gasteiger partial charge on any atom is 0.191 e. The first-order chi connectivity index (χ1) is 13.2. The van der Waals surface area contributed by atoms with Crippen LogP contribution in [0.2, 0.25) is 0 Å². The molecule has 7 heteroatoms. The Labute approximate surface area is 185 Å². The molecular formula is C21H31IN6. The zero-order valence-corrected chi connectivity index (χ0v) is 19.3. The maximum absolute atomic E-state index is 4.80. The van der Waals surface area contributed by atoms with Crippen molar-refractivity contribution in [2.45, 2.75) is 25.9 Å². The molecule has 152 valence electrons. The minimum absolute atomic E-state index is 0. The number of para-hydroxylation sites is 1. The van der Waals surface area contributed by atoms with E-state index in [1.54, 1.807) is 0 Å². The summed E-state index contributed by atoms with van der Waals surface area (Å²) in [5.41, 5.74) is 2.41. The van der Waals surface area contributed by atoms with Crippen molar-refractivity contribution in [1.82, 2.24) is 15.6 Å². The van der Waals surface area contributed by atoms with E-state index >= 15 is 0 Å². The third-order valence-corrected chi connectivity index (χ3v) is 4.69. The molecule has 0 radical (unpaired) electrons. The van der Waals surface area contributed by atoms with Crippen molar-refractivity contribution in [2.75, 3.05) is 43.5 Å². The van der Waals surface area contributed by atoms with Gasteiger partial charge in [-0.15, -0.1) is 24.0 Å². The van der Waals surface area contributed by atoms with E-state index in [1.165, 1.54) is 5.69 Å². The van der Waals surface area contributed by atoms with Gasteiger partial charge in [-0.3, -0.25) is 0 Å². The van der Waals surface area contributed by atoms with E-state index in [1.807, 2.05) is 31.3 Å². The topological polar surface area (TPSA) is 55.8 Å². The van der Waals surface area contributed by atoms with E-state index in [4.69, 9.17) is 4.99 Å². The molecule has 1 saturated heterocycles. The van der Waals surface area contributed by atoms with E-state index < -0.39 is 0 Å². The molecule has 2 aromatic rings. The number of hydrogen-bond donors (Lipinski definition) is 2. The van der Waals surface area contributed by atoms with Gasteiger partial charge in [0.05, 0.1) is 6.54 Å². The van der Waals surface area contributed by atoms with Crippen molar-refractivity contribution in [3.8, 4) is 0 Å². The zero-order chi connectivity index (χ0) is 19.1. The highest BCUT2D eigenvalue weighted by Crippen LogP contribution is 2.20. The summed E-state index contributed by atoms with van der Waals surface area (Å²) in [7, 11) is 4.02. The van der Waals surface area contributed by atoms with Gasteiger partial charge in [0.15, 0.2) is 5.96 Å². The predicted molar refractivity (Wildman–Crippen MR) is 129 cm³/mol. The lowest BCUT2D eigenvalue weighted by Gasteiger charge is -2.20. The van der Waals surface area contributed by atoms with Crippen LogP contribution < -0.4 is 20.4 Å². The molecule has 28 heavy (non-hydrogen) atoms. The van der Waals surface area contributed by atoms with Crippen molar-refractivity contribution in [3.63, 3.8) is 0 Å². The van der Waals surface area contributed by atoms with Crippen LogP contribution in [0.4, 0.5) is 11.5 Å². The van der Waals surface area contributed by atoms with Crippen LogP contribution in [0.15, 0.2) is 53.7 Å². The number of aromatic nitrogens is 1. The fourth-order valence-electron chi connectivity index (χ4n) is 3.39. The number of benzene rings is 1. The van der Waals surface area contributed by atoms with Gasteiger partial charge in [0.2, 0.25) is 0 Å². The monoisotopic (exact) mass is 494 g/mol. The number of pyridine rings is 1. The molecule has 2 heterocycles. The predicted octanol–water partition coefficient (Wildman–Crippen LogP) is 3.10. The molecule has 0 aliphatic carbocycles. The average molecular weight is 494 g/mol. The molecule has 1 aliphatic heterocycles. The van der Waals surface area contributed by atoms with E-state index in [9.17, 15) is 0 Å². The van der Waals surface area contributed by atoms with Gasteiger partial charge in [-0.1, -0.05) is 24.3 Å². The molecule has 1 aliphatic rings. The van der Waals surface area contributed by atoms with E-state index in [0.29, 0.717) is 12.6 Å². The van der Waals surface area contributed by atoms with Gasteiger partial charge in [-0.2, -0.15) is 0 Å². The molecule has 1 unspecified atom stereocenters. The third kappa shape index (κ3) is 5.98. The molecule has 1 fully saturated rings. The quantitative estimate of drug-likeness (QED) is 0.367. The molecule has 0 bridgehead atoms. The van der Waals surface area contributed by atoms with Crippen LogP contribution in [-0.4, -0.2) is 50.7 Å². The average Bonchev–Trinajstić information content (AvgIpc) is 3.16. The first-order valence-corrected chi connectivity index (χ1v) is 9.63. The lowest BCUT2D eigenvalue weighted by atomic mass is 10.2. The molecule has 0 spiro atoms. The first-order valence-electron chi connectivity index (χ1n) is 9.63. The number of rotatable bonds is 6. The lowest BCUT2D eigenvalue weighted by Crippen LogP contribution is -2.44. The van der Waals surface area contributed by atoms with Crippen LogP contribution >= 0.6 is 24.0 Å². The van der Waals surface area contributed by atoms with Crippen LogP contribution in [0, 0.1) is 0 Å². The summed E-state index contributed by atoms with van der Waals surface area (Å²) in [5.74, 6) is 1.83. The van der Waals surface area contributed by atoms with Crippen LogP contribution in [0.3, 0.4) is 0 Å². The summed E-state index contributed by atoms with van der Waals surface area (Å²) in [6.07, 6.45) is 2.93. The van der Waals surface area contributed by atoms with Gasteiger partial charge in [-0.25, -0.2) is 9.98 Å². The second kappa shape index (κ2) is 11.1. The summed E-state index contributed by atoms with van der Waals surface area (Å²) in [5, 5.41) is 6.97. The molecule has 1 aromatic carbocycles. The Morgan fingerprint density at radius 1 is 1.21 bits per heavy atom. The van der Waals surface area contributed by atoms with Crippen molar-refractivity contribution in [2.24, 2.45) is 4.99 Å². The van der Waals surface area contributed by atoms with Crippen molar-refractivity contribution in [3.05, 3.63) is 54.2 Å². The van der Waals surface area contributed by atoms with E-state index in [0.717, 1.165) is 43.4 Å². The number of nitrogens with zero attached hydrogens (tertiary/aromatic N) is 4. The summed E-state index contributed by atoms with van der Waals surface area (Å²) < 4.78 is 0. The highest BCUT2D eigenvalue weighted by atomic mass is 127. The Morgan fingerprint density at radius 3 is 2.71 bits per heavy atom. The van der Waals surface area contributed by atoms with Crippen molar-refractivity contribution < 1.29 is 0 Å². The fraction of sp³-hybridized carbons (Fsp3) is 0.429. The normalized spacial score (nSPS) is 16.5. The lowest BCUT2D eigenvalue weighted by molar-refractivity contribution is 0.649. The van der Waals surface area contributed by atoms with Crippen molar-refractivity contribution >= 4 is 41.4 Å². The standard InChI is InChI=1S/C21H30N6.HI/c1-4-22-21(24-15-17-9-8-13-23-20(17)26(2)3)25-18-12-14-27(16-18)19-10-6-5-7-11-19;/h5-11,13,18H,4,12,14-16H2,1-3H3,(H2,22,24,25);1H. The smallest absolute Gasteiger partial charge is 0.191 e. The number of aliphatic imine (C=N–C) groups is 1. The third-order valence-electron chi connectivity index (χ3n) is 4.69. The first kappa shape index (κ1) is 22.3. The van der Waals surface area contributed by atoms with Gasteiger partial charge in [-0.05, 0) is 31.5 Å². The number of anilines is 2. The molecule has 1 aromatic heterocycles. The highest BCUT2D eigenvalue weighted by molar-refractivity contribution is 14.0. The van der Waals surface area contributed by atoms with Crippen LogP contribution in [-0.2, 0) is 6.54 Å². The highest BCUT2D eigenvalue weighted by Gasteiger charge is 2.23.